The molecule has 0 radical (unpaired) electrons. The van der Waals surface area contributed by atoms with Crippen molar-refractivity contribution in [3.63, 3.8) is 0 Å². The van der Waals surface area contributed by atoms with Crippen LogP contribution in [0.1, 0.15) is 69.8 Å². The number of nitrogens with zero attached hydrogens (tertiary/aromatic N) is 2. The summed E-state index contributed by atoms with van der Waals surface area (Å²) in [5.41, 5.74) is 2.19. The molecule has 2 aliphatic carbocycles. The Bertz CT molecular complexity index is 779. The molecule has 29 heavy (non-hydrogen) atoms. The van der Waals surface area contributed by atoms with Crippen LogP contribution in [-0.4, -0.2) is 41.3 Å². The number of aliphatic imine (C=N–C) groups is 1. The van der Waals surface area contributed by atoms with E-state index in [1.807, 2.05) is 0 Å². The quantitative estimate of drug-likeness (QED) is 0.812. The summed E-state index contributed by atoms with van der Waals surface area (Å²) < 4.78 is 0. The third-order valence-electron chi connectivity index (χ3n) is 7.54. The first-order valence-electron chi connectivity index (χ1n) is 11.7. The molecular weight excluding hydrogens is 360 g/mol. The SMILES string of the molecule is O=C(CC1CCCC1)N1CCC2(C1)NCc1ccccc1NC2=NC1CCCC1. The fourth-order valence-electron chi connectivity index (χ4n) is 5.71. The van der Waals surface area contributed by atoms with Crippen molar-refractivity contribution in [2.75, 3.05) is 18.4 Å². The van der Waals surface area contributed by atoms with Crippen LogP contribution in [0, 0.1) is 5.92 Å². The van der Waals surface area contributed by atoms with Crippen molar-refractivity contribution in [3.05, 3.63) is 29.8 Å². The second kappa shape index (κ2) is 8.10. The second-order valence-corrected chi connectivity index (χ2v) is 9.55. The third-order valence-corrected chi connectivity index (χ3v) is 7.54. The van der Waals surface area contributed by atoms with Gasteiger partial charge in [0.25, 0.3) is 0 Å². The fraction of sp³-hybridized carbons (Fsp3) is 0.667. The molecule has 1 unspecified atom stereocenters. The van der Waals surface area contributed by atoms with E-state index < -0.39 is 0 Å². The summed E-state index contributed by atoms with van der Waals surface area (Å²) in [6.07, 6.45) is 11.7. The number of likely N-dealkylation sites (tertiary alicyclic amines) is 1. The number of amides is 1. The Morgan fingerprint density at radius 1 is 1.10 bits per heavy atom. The van der Waals surface area contributed by atoms with Gasteiger partial charge in [-0.15, -0.1) is 0 Å². The Hall–Kier alpha value is -1.88. The number of hydrogen-bond donors (Lipinski definition) is 2. The van der Waals surface area contributed by atoms with Crippen molar-refractivity contribution in [2.45, 2.75) is 82.3 Å². The number of rotatable bonds is 3. The summed E-state index contributed by atoms with van der Waals surface area (Å²) in [6, 6.07) is 8.94. The molecule has 4 aliphatic rings. The van der Waals surface area contributed by atoms with Crippen molar-refractivity contribution in [1.29, 1.82) is 0 Å². The maximum atomic E-state index is 13.0. The van der Waals surface area contributed by atoms with Crippen LogP contribution in [0.15, 0.2) is 29.3 Å². The van der Waals surface area contributed by atoms with Crippen LogP contribution >= 0.6 is 0 Å². The highest BCUT2D eigenvalue weighted by molar-refractivity contribution is 6.04. The van der Waals surface area contributed by atoms with Crippen LogP contribution in [0.5, 0.6) is 0 Å². The molecule has 5 nitrogen and oxygen atoms in total. The van der Waals surface area contributed by atoms with Crippen molar-refractivity contribution in [1.82, 2.24) is 10.2 Å². The van der Waals surface area contributed by atoms with Gasteiger partial charge in [-0.2, -0.15) is 0 Å². The summed E-state index contributed by atoms with van der Waals surface area (Å²) in [6.45, 7) is 2.39. The number of para-hydroxylation sites is 1. The molecule has 1 spiro atoms. The van der Waals surface area contributed by atoms with Gasteiger partial charge in [0.2, 0.25) is 5.91 Å². The molecule has 1 aromatic rings. The van der Waals surface area contributed by atoms with E-state index in [0.717, 1.165) is 44.0 Å². The van der Waals surface area contributed by atoms with E-state index in [1.54, 1.807) is 0 Å². The Balaban J connectivity index is 1.38. The van der Waals surface area contributed by atoms with E-state index in [4.69, 9.17) is 4.99 Å². The van der Waals surface area contributed by atoms with Crippen molar-refractivity contribution in [2.24, 2.45) is 10.9 Å². The standard InChI is InChI=1S/C24H34N4O/c29-22(15-18-7-1-2-8-18)28-14-13-24(17-28)23(26-20-10-4-5-11-20)27-21-12-6-3-9-19(21)16-25-24/h3,6,9,12,18,20,25H,1-2,4-5,7-8,10-11,13-17H2,(H,26,27). The molecule has 1 aromatic carbocycles. The zero-order valence-corrected chi connectivity index (χ0v) is 17.5. The molecule has 3 fully saturated rings. The lowest BCUT2D eigenvalue weighted by molar-refractivity contribution is -0.131. The van der Waals surface area contributed by atoms with Gasteiger partial charge in [-0.1, -0.05) is 43.9 Å². The van der Waals surface area contributed by atoms with Crippen LogP contribution < -0.4 is 10.6 Å². The highest BCUT2D eigenvalue weighted by atomic mass is 16.2. The Morgan fingerprint density at radius 3 is 2.69 bits per heavy atom. The number of hydrogen-bond acceptors (Lipinski definition) is 3. The summed E-state index contributed by atoms with van der Waals surface area (Å²) in [5, 5.41) is 7.53. The van der Waals surface area contributed by atoms with E-state index in [-0.39, 0.29) is 5.54 Å². The topological polar surface area (TPSA) is 56.7 Å². The number of nitrogens with one attached hydrogen (secondary N) is 2. The number of benzene rings is 1. The molecule has 156 valence electrons. The minimum atomic E-state index is -0.243. The van der Waals surface area contributed by atoms with E-state index in [2.05, 4.69) is 39.8 Å². The predicted octanol–water partition coefficient (Wildman–Crippen LogP) is 4.09. The minimum Gasteiger partial charge on any atom is -0.342 e. The largest absolute Gasteiger partial charge is 0.342 e. The van der Waals surface area contributed by atoms with Gasteiger partial charge >= 0.3 is 0 Å². The Morgan fingerprint density at radius 2 is 1.86 bits per heavy atom. The maximum absolute atomic E-state index is 13.0. The lowest BCUT2D eigenvalue weighted by Crippen LogP contribution is -2.55. The lowest BCUT2D eigenvalue weighted by atomic mass is 9.96. The van der Waals surface area contributed by atoms with Crippen LogP contribution in [0.2, 0.25) is 0 Å². The highest BCUT2D eigenvalue weighted by Crippen LogP contribution is 2.33. The first-order chi connectivity index (χ1) is 14.2. The number of carbonyl (C=O) groups excluding carboxylic acids is 1. The van der Waals surface area contributed by atoms with Gasteiger partial charge in [-0.25, -0.2) is 0 Å². The summed E-state index contributed by atoms with van der Waals surface area (Å²) >= 11 is 0. The zero-order valence-electron chi connectivity index (χ0n) is 17.5. The van der Waals surface area contributed by atoms with Gasteiger partial charge in [0, 0.05) is 31.7 Å². The van der Waals surface area contributed by atoms with Crippen molar-refractivity contribution >= 4 is 17.4 Å². The lowest BCUT2D eigenvalue weighted by Gasteiger charge is -2.31. The van der Waals surface area contributed by atoms with E-state index in [9.17, 15) is 4.79 Å². The molecule has 2 N–H and O–H groups in total. The number of anilines is 1. The van der Waals surface area contributed by atoms with Crippen LogP contribution in [0.4, 0.5) is 5.69 Å². The zero-order chi connectivity index (χ0) is 19.7. The van der Waals surface area contributed by atoms with Gasteiger partial charge in [-0.3, -0.25) is 15.1 Å². The predicted molar refractivity (Wildman–Crippen MR) is 117 cm³/mol. The van der Waals surface area contributed by atoms with E-state index in [0.29, 0.717) is 17.9 Å². The average molecular weight is 395 g/mol. The molecule has 1 amide bonds. The van der Waals surface area contributed by atoms with Crippen LogP contribution in [0.3, 0.4) is 0 Å². The number of amidine groups is 1. The summed E-state index contributed by atoms with van der Waals surface area (Å²) in [4.78, 5) is 20.4. The van der Waals surface area contributed by atoms with E-state index >= 15 is 0 Å². The molecule has 0 bridgehead atoms. The molecule has 2 heterocycles. The monoisotopic (exact) mass is 394 g/mol. The number of fused-ring (bicyclic) bond motifs is 1. The minimum absolute atomic E-state index is 0.243. The second-order valence-electron chi connectivity index (χ2n) is 9.55. The van der Waals surface area contributed by atoms with Crippen LogP contribution in [-0.2, 0) is 11.3 Å². The highest BCUT2D eigenvalue weighted by Gasteiger charge is 2.45. The summed E-state index contributed by atoms with van der Waals surface area (Å²) in [7, 11) is 0. The molecule has 2 saturated carbocycles. The molecule has 1 saturated heterocycles. The van der Waals surface area contributed by atoms with Crippen molar-refractivity contribution < 1.29 is 4.79 Å². The first kappa shape index (κ1) is 19.1. The smallest absolute Gasteiger partial charge is 0.222 e. The van der Waals surface area contributed by atoms with Crippen LogP contribution in [0.25, 0.3) is 0 Å². The molecule has 2 aliphatic heterocycles. The van der Waals surface area contributed by atoms with Gasteiger partial charge < -0.3 is 10.2 Å². The van der Waals surface area contributed by atoms with E-state index in [1.165, 1.54) is 56.9 Å². The summed E-state index contributed by atoms with van der Waals surface area (Å²) in [5.74, 6) is 2.01. The van der Waals surface area contributed by atoms with Gasteiger partial charge in [0.05, 0.1) is 11.6 Å². The Kier molecular flexibility index (Phi) is 5.33. The maximum Gasteiger partial charge on any atom is 0.222 e. The van der Waals surface area contributed by atoms with Gasteiger partial charge in [-0.05, 0) is 49.7 Å². The fourth-order valence-corrected chi connectivity index (χ4v) is 5.71. The third kappa shape index (κ3) is 3.94. The molecule has 1 atom stereocenters. The number of carbonyl (C=O) groups is 1. The first-order valence-corrected chi connectivity index (χ1v) is 11.7. The molecular formula is C24H34N4O. The molecule has 0 aromatic heterocycles. The molecule has 5 rings (SSSR count). The van der Waals surface area contributed by atoms with Gasteiger partial charge in [0.1, 0.15) is 5.84 Å². The molecule has 5 heteroatoms. The average Bonchev–Trinajstić information content (AvgIpc) is 3.47. The normalized spacial score (nSPS) is 29.4. The van der Waals surface area contributed by atoms with Crippen molar-refractivity contribution in [3.8, 4) is 0 Å². The Labute approximate surface area is 174 Å². The van der Waals surface area contributed by atoms with Gasteiger partial charge in [0.15, 0.2) is 0 Å².